The van der Waals surface area contributed by atoms with Gasteiger partial charge in [-0.2, -0.15) is 0 Å². The SMILES string of the molecule is O=C(CN1CCN(C(=O)CN2CCOCC2)CC1)N1CCCCCC1. The van der Waals surface area contributed by atoms with Gasteiger partial charge >= 0.3 is 0 Å². The lowest BCUT2D eigenvalue weighted by molar-refractivity contribution is -0.136. The first-order valence-electron chi connectivity index (χ1n) is 9.80. The van der Waals surface area contributed by atoms with Crippen molar-refractivity contribution < 1.29 is 14.3 Å². The number of hydrogen-bond acceptors (Lipinski definition) is 5. The Labute approximate surface area is 150 Å². The van der Waals surface area contributed by atoms with Gasteiger partial charge < -0.3 is 14.5 Å². The Balaban J connectivity index is 1.37. The van der Waals surface area contributed by atoms with Gasteiger partial charge in [0.15, 0.2) is 0 Å². The normalized spacial score (nSPS) is 24.2. The number of hydrogen-bond donors (Lipinski definition) is 0. The van der Waals surface area contributed by atoms with Gasteiger partial charge in [-0.15, -0.1) is 0 Å². The molecule has 0 unspecified atom stereocenters. The molecule has 3 saturated heterocycles. The average molecular weight is 352 g/mol. The number of carbonyl (C=O) groups is 2. The lowest BCUT2D eigenvalue weighted by Crippen LogP contribution is -2.54. The summed E-state index contributed by atoms with van der Waals surface area (Å²) < 4.78 is 5.33. The number of rotatable bonds is 4. The minimum Gasteiger partial charge on any atom is -0.379 e. The summed E-state index contributed by atoms with van der Waals surface area (Å²) in [7, 11) is 0. The quantitative estimate of drug-likeness (QED) is 0.705. The Hall–Kier alpha value is -1.18. The summed E-state index contributed by atoms with van der Waals surface area (Å²) in [5.74, 6) is 0.468. The van der Waals surface area contributed by atoms with Crippen LogP contribution in [0, 0.1) is 0 Å². The second-order valence-electron chi connectivity index (χ2n) is 7.34. The van der Waals surface area contributed by atoms with Crippen LogP contribution in [-0.2, 0) is 14.3 Å². The van der Waals surface area contributed by atoms with Crippen molar-refractivity contribution in [3.05, 3.63) is 0 Å². The zero-order chi connectivity index (χ0) is 17.5. The molecule has 0 N–H and O–H groups in total. The van der Waals surface area contributed by atoms with E-state index in [1.54, 1.807) is 0 Å². The van der Waals surface area contributed by atoms with E-state index in [1.165, 1.54) is 12.8 Å². The largest absolute Gasteiger partial charge is 0.379 e. The molecule has 0 bridgehead atoms. The van der Waals surface area contributed by atoms with E-state index in [0.29, 0.717) is 13.1 Å². The lowest BCUT2D eigenvalue weighted by Gasteiger charge is -2.36. The first-order valence-corrected chi connectivity index (χ1v) is 9.80. The molecular formula is C18H32N4O3. The highest BCUT2D eigenvalue weighted by molar-refractivity contribution is 5.79. The number of morpholine rings is 1. The predicted octanol–water partition coefficient (Wildman–Crippen LogP) is -0.135. The van der Waals surface area contributed by atoms with Crippen molar-refractivity contribution >= 4 is 11.8 Å². The standard InChI is InChI=1S/C18H32N4O3/c23-17(21-5-3-1-2-4-6-21)15-19-7-9-22(10-8-19)18(24)16-20-11-13-25-14-12-20/h1-16H2. The highest BCUT2D eigenvalue weighted by Gasteiger charge is 2.25. The van der Waals surface area contributed by atoms with Crippen LogP contribution in [0.3, 0.4) is 0 Å². The van der Waals surface area contributed by atoms with Crippen LogP contribution < -0.4 is 0 Å². The lowest BCUT2D eigenvalue weighted by atomic mass is 10.2. The molecular weight excluding hydrogens is 320 g/mol. The Morgan fingerprint density at radius 2 is 1.08 bits per heavy atom. The third kappa shape index (κ3) is 5.66. The van der Waals surface area contributed by atoms with Crippen LogP contribution >= 0.6 is 0 Å². The first-order chi connectivity index (χ1) is 12.2. The topological polar surface area (TPSA) is 56.3 Å². The van der Waals surface area contributed by atoms with Crippen LogP contribution in [-0.4, -0.2) is 110 Å². The second kappa shape index (κ2) is 9.50. The zero-order valence-electron chi connectivity index (χ0n) is 15.3. The van der Waals surface area contributed by atoms with E-state index >= 15 is 0 Å². The van der Waals surface area contributed by atoms with E-state index < -0.39 is 0 Å². The zero-order valence-corrected chi connectivity index (χ0v) is 15.3. The minimum atomic E-state index is 0.209. The molecule has 3 aliphatic heterocycles. The van der Waals surface area contributed by atoms with Gasteiger partial charge in [-0.05, 0) is 12.8 Å². The van der Waals surface area contributed by atoms with Gasteiger partial charge in [-0.25, -0.2) is 0 Å². The number of piperazine rings is 1. The highest BCUT2D eigenvalue weighted by atomic mass is 16.5. The molecule has 0 aromatic heterocycles. The van der Waals surface area contributed by atoms with Crippen molar-refractivity contribution in [1.82, 2.24) is 19.6 Å². The molecule has 3 heterocycles. The van der Waals surface area contributed by atoms with Gasteiger partial charge in [-0.3, -0.25) is 19.4 Å². The Morgan fingerprint density at radius 1 is 0.600 bits per heavy atom. The second-order valence-corrected chi connectivity index (χ2v) is 7.34. The third-order valence-electron chi connectivity index (χ3n) is 5.51. The van der Waals surface area contributed by atoms with Crippen LogP contribution in [0.4, 0.5) is 0 Å². The molecule has 0 aliphatic carbocycles. The summed E-state index contributed by atoms with van der Waals surface area (Å²) in [4.78, 5) is 33.3. The van der Waals surface area contributed by atoms with Crippen molar-refractivity contribution in [3.8, 4) is 0 Å². The molecule has 7 heteroatoms. The Morgan fingerprint density at radius 3 is 1.64 bits per heavy atom. The van der Waals surface area contributed by atoms with E-state index in [2.05, 4.69) is 9.80 Å². The van der Waals surface area contributed by atoms with E-state index in [4.69, 9.17) is 4.74 Å². The highest BCUT2D eigenvalue weighted by Crippen LogP contribution is 2.11. The maximum absolute atomic E-state index is 12.5. The molecule has 142 valence electrons. The molecule has 7 nitrogen and oxygen atoms in total. The molecule has 0 spiro atoms. The van der Waals surface area contributed by atoms with Gasteiger partial charge in [0.2, 0.25) is 11.8 Å². The first kappa shape index (κ1) is 18.6. The van der Waals surface area contributed by atoms with Crippen molar-refractivity contribution in [3.63, 3.8) is 0 Å². The average Bonchev–Trinajstić information content (AvgIpc) is 2.92. The summed E-state index contributed by atoms with van der Waals surface area (Å²) in [6.07, 6.45) is 4.76. The fraction of sp³-hybridized carbons (Fsp3) is 0.889. The van der Waals surface area contributed by atoms with Crippen molar-refractivity contribution in [2.24, 2.45) is 0 Å². The van der Waals surface area contributed by atoms with Crippen LogP contribution in [0.15, 0.2) is 0 Å². The van der Waals surface area contributed by atoms with Gasteiger partial charge in [-0.1, -0.05) is 12.8 Å². The number of nitrogens with zero attached hydrogens (tertiary/aromatic N) is 4. The molecule has 0 saturated carbocycles. The fourth-order valence-corrected chi connectivity index (χ4v) is 3.82. The molecule has 0 atom stereocenters. The van der Waals surface area contributed by atoms with Crippen molar-refractivity contribution in [2.75, 3.05) is 78.7 Å². The van der Waals surface area contributed by atoms with E-state index in [1.807, 2.05) is 9.80 Å². The molecule has 0 radical (unpaired) electrons. The van der Waals surface area contributed by atoms with Crippen LogP contribution in [0.2, 0.25) is 0 Å². The molecule has 25 heavy (non-hydrogen) atoms. The van der Waals surface area contributed by atoms with E-state index in [0.717, 1.165) is 78.4 Å². The summed E-state index contributed by atoms with van der Waals surface area (Å²) in [5, 5.41) is 0. The predicted molar refractivity (Wildman–Crippen MR) is 95.3 cm³/mol. The Bertz CT molecular complexity index is 438. The summed E-state index contributed by atoms with van der Waals surface area (Å²) >= 11 is 0. The summed E-state index contributed by atoms with van der Waals surface area (Å²) in [5.41, 5.74) is 0. The third-order valence-corrected chi connectivity index (χ3v) is 5.51. The Kier molecular flexibility index (Phi) is 7.07. The van der Waals surface area contributed by atoms with Gasteiger partial charge in [0.25, 0.3) is 0 Å². The minimum absolute atomic E-state index is 0.209. The number of carbonyl (C=O) groups excluding carboxylic acids is 2. The fourth-order valence-electron chi connectivity index (χ4n) is 3.82. The number of likely N-dealkylation sites (tertiary alicyclic amines) is 1. The smallest absolute Gasteiger partial charge is 0.236 e. The van der Waals surface area contributed by atoms with Gasteiger partial charge in [0.1, 0.15) is 0 Å². The summed E-state index contributed by atoms with van der Waals surface area (Å²) in [6.45, 7) is 9.02. The molecule has 0 aromatic carbocycles. The monoisotopic (exact) mass is 352 g/mol. The van der Waals surface area contributed by atoms with Crippen LogP contribution in [0.1, 0.15) is 25.7 Å². The van der Waals surface area contributed by atoms with Crippen LogP contribution in [0.25, 0.3) is 0 Å². The van der Waals surface area contributed by atoms with Gasteiger partial charge in [0.05, 0.1) is 26.3 Å². The molecule has 3 rings (SSSR count). The van der Waals surface area contributed by atoms with Crippen molar-refractivity contribution in [2.45, 2.75) is 25.7 Å². The maximum Gasteiger partial charge on any atom is 0.236 e. The molecule has 3 aliphatic rings. The molecule has 0 aromatic rings. The maximum atomic E-state index is 12.5. The van der Waals surface area contributed by atoms with Crippen LogP contribution in [0.5, 0.6) is 0 Å². The number of amides is 2. The van der Waals surface area contributed by atoms with E-state index in [9.17, 15) is 9.59 Å². The van der Waals surface area contributed by atoms with Gasteiger partial charge in [0, 0.05) is 52.4 Å². The van der Waals surface area contributed by atoms with E-state index in [-0.39, 0.29) is 11.8 Å². The molecule has 2 amide bonds. The molecule has 3 fully saturated rings. The number of ether oxygens (including phenoxy) is 1. The van der Waals surface area contributed by atoms with Crippen molar-refractivity contribution in [1.29, 1.82) is 0 Å². The summed E-state index contributed by atoms with van der Waals surface area (Å²) in [6, 6.07) is 0.